The summed E-state index contributed by atoms with van der Waals surface area (Å²) in [4.78, 5) is 24.8. The van der Waals surface area contributed by atoms with E-state index < -0.39 is 6.04 Å². The minimum absolute atomic E-state index is 0.164. The monoisotopic (exact) mass is 390 g/mol. The van der Waals surface area contributed by atoms with E-state index in [2.05, 4.69) is 24.5 Å². The molecule has 0 fully saturated rings. The summed E-state index contributed by atoms with van der Waals surface area (Å²) in [5, 5.41) is 6.39. The highest BCUT2D eigenvalue weighted by atomic mass is 35.5. The van der Waals surface area contributed by atoms with Gasteiger partial charge in [-0.15, -0.1) is 0 Å². The molecule has 0 saturated heterocycles. The number of amides is 2. The lowest BCUT2D eigenvalue weighted by atomic mass is 10.1. The van der Waals surface area contributed by atoms with Gasteiger partial charge >= 0.3 is 0 Å². The number of thioether (sulfide) groups is 1. The second-order valence-corrected chi connectivity index (χ2v) is 7.73. The molecule has 2 amide bonds. The molecule has 0 radical (unpaired) electrons. The SMILES string of the molecule is CSCCC(NC(=O)c1ccc(Cl)cc1Cl)C(=O)NCCC(C)C. The quantitative estimate of drug-likeness (QED) is 0.669. The first-order chi connectivity index (χ1) is 11.3. The van der Waals surface area contributed by atoms with Crippen LogP contribution in [0.1, 0.15) is 37.0 Å². The Morgan fingerprint density at radius 2 is 1.92 bits per heavy atom. The van der Waals surface area contributed by atoms with Gasteiger partial charge in [-0.2, -0.15) is 11.8 Å². The second kappa shape index (κ2) is 10.9. The first kappa shape index (κ1) is 21.1. The Hall–Kier alpha value is -0.910. The van der Waals surface area contributed by atoms with Crippen LogP contribution in [0.3, 0.4) is 0 Å². The van der Waals surface area contributed by atoms with E-state index in [-0.39, 0.29) is 16.8 Å². The van der Waals surface area contributed by atoms with Crippen molar-refractivity contribution in [1.82, 2.24) is 10.6 Å². The number of halogens is 2. The summed E-state index contributed by atoms with van der Waals surface area (Å²) in [5.41, 5.74) is 0.310. The van der Waals surface area contributed by atoms with Gasteiger partial charge in [-0.3, -0.25) is 9.59 Å². The van der Waals surface area contributed by atoms with Crippen molar-refractivity contribution >= 4 is 46.8 Å². The Balaban J connectivity index is 2.73. The smallest absolute Gasteiger partial charge is 0.253 e. The van der Waals surface area contributed by atoms with E-state index in [0.29, 0.717) is 29.5 Å². The molecule has 1 rings (SSSR count). The number of benzene rings is 1. The molecule has 0 heterocycles. The van der Waals surface area contributed by atoms with Crippen LogP contribution in [0.4, 0.5) is 0 Å². The number of nitrogens with one attached hydrogen (secondary N) is 2. The Kier molecular flexibility index (Phi) is 9.56. The van der Waals surface area contributed by atoms with Gasteiger partial charge in [-0.25, -0.2) is 0 Å². The van der Waals surface area contributed by atoms with Gasteiger partial charge in [0.1, 0.15) is 6.04 Å². The molecule has 7 heteroatoms. The van der Waals surface area contributed by atoms with Gasteiger partial charge in [-0.05, 0) is 49.0 Å². The van der Waals surface area contributed by atoms with Crippen LogP contribution in [0.25, 0.3) is 0 Å². The standard InChI is InChI=1S/C17H24Cl2N2O2S/c1-11(2)6-8-20-17(23)15(7-9-24-3)21-16(22)13-5-4-12(18)10-14(13)19/h4-5,10-11,15H,6-9H2,1-3H3,(H,20,23)(H,21,22). The second-order valence-electron chi connectivity index (χ2n) is 5.91. The lowest BCUT2D eigenvalue weighted by Crippen LogP contribution is -2.47. The Morgan fingerprint density at radius 3 is 2.50 bits per heavy atom. The summed E-state index contributed by atoms with van der Waals surface area (Å²) in [6.45, 7) is 4.80. The van der Waals surface area contributed by atoms with Crippen LogP contribution in [-0.4, -0.2) is 36.4 Å². The van der Waals surface area contributed by atoms with Crippen LogP contribution in [0.5, 0.6) is 0 Å². The van der Waals surface area contributed by atoms with E-state index in [4.69, 9.17) is 23.2 Å². The van der Waals surface area contributed by atoms with E-state index in [9.17, 15) is 9.59 Å². The fourth-order valence-corrected chi connectivity index (χ4v) is 2.99. The average Bonchev–Trinajstić information content (AvgIpc) is 2.50. The van der Waals surface area contributed by atoms with Crippen LogP contribution in [0.15, 0.2) is 18.2 Å². The van der Waals surface area contributed by atoms with Gasteiger partial charge in [0, 0.05) is 11.6 Å². The number of rotatable bonds is 9. The van der Waals surface area contributed by atoms with Crippen molar-refractivity contribution in [2.75, 3.05) is 18.6 Å². The molecular weight excluding hydrogens is 367 g/mol. The van der Waals surface area contributed by atoms with Crippen LogP contribution in [0, 0.1) is 5.92 Å². The Bertz CT molecular complexity index is 568. The third-order valence-electron chi connectivity index (χ3n) is 3.43. The van der Waals surface area contributed by atoms with Crippen LogP contribution in [-0.2, 0) is 4.79 Å². The minimum Gasteiger partial charge on any atom is -0.354 e. The van der Waals surface area contributed by atoms with Crippen molar-refractivity contribution in [3.8, 4) is 0 Å². The summed E-state index contributed by atoms with van der Waals surface area (Å²) in [5.74, 6) is 0.749. The predicted molar refractivity (Wildman–Crippen MR) is 103 cm³/mol. The number of carbonyl (C=O) groups is 2. The van der Waals surface area contributed by atoms with E-state index in [1.165, 1.54) is 6.07 Å². The van der Waals surface area contributed by atoms with Crippen LogP contribution in [0.2, 0.25) is 10.0 Å². The summed E-state index contributed by atoms with van der Waals surface area (Å²) in [7, 11) is 0. The fraction of sp³-hybridized carbons (Fsp3) is 0.529. The van der Waals surface area contributed by atoms with Gasteiger partial charge in [0.2, 0.25) is 5.91 Å². The maximum atomic E-state index is 12.4. The summed E-state index contributed by atoms with van der Waals surface area (Å²) < 4.78 is 0. The molecule has 0 aliphatic heterocycles. The normalized spacial score (nSPS) is 12.1. The molecule has 4 nitrogen and oxygen atoms in total. The summed E-state index contributed by atoms with van der Waals surface area (Å²) in [6, 6.07) is 4.09. The van der Waals surface area contributed by atoms with E-state index in [1.54, 1.807) is 23.9 Å². The first-order valence-corrected chi connectivity index (χ1v) is 10.0. The van der Waals surface area contributed by atoms with Crippen molar-refractivity contribution in [1.29, 1.82) is 0 Å². The number of hydrogen-bond acceptors (Lipinski definition) is 3. The molecule has 24 heavy (non-hydrogen) atoms. The maximum Gasteiger partial charge on any atom is 0.253 e. The largest absolute Gasteiger partial charge is 0.354 e. The van der Waals surface area contributed by atoms with Gasteiger partial charge in [0.15, 0.2) is 0 Å². The fourth-order valence-electron chi connectivity index (χ4n) is 2.02. The van der Waals surface area contributed by atoms with Crippen molar-refractivity contribution in [2.24, 2.45) is 5.92 Å². The van der Waals surface area contributed by atoms with Crippen molar-refractivity contribution in [3.63, 3.8) is 0 Å². The molecule has 0 aliphatic carbocycles. The van der Waals surface area contributed by atoms with E-state index >= 15 is 0 Å². The van der Waals surface area contributed by atoms with Gasteiger partial charge < -0.3 is 10.6 Å². The molecule has 2 N–H and O–H groups in total. The van der Waals surface area contributed by atoms with Crippen molar-refractivity contribution in [2.45, 2.75) is 32.7 Å². The molecule has 0 spiro atoms. The highest BCUT2D eigenvalue weighted by molar-refractivity contribution is 7.98. The predicted octanol–water partition coefficient (Wildman–Crippen LogP) is 4.01. The number of hydrogen-bond donors (Lipinski definition) is 2. The molecule has 1 atom stereocenters. The Morgan fingerprint density at radius 1 is 1.21 bits per heavy atom. The summed E-state index contributed by atoms with van der Waals surface area (Å²) in [6.07, 6.45) is 3.43. The molecular formula is C17H24Cl2N2O2S. The number of carbonyl (C=O) groups excluding carboxylic acids is 2. The van der Waals surface area contributed by atoms with Gasteiger partial charge in [0.05, 0.1) is 10.6 Å². The highest BCUT2D eigenvalue weighted by Crippen LogP contribution is 2.21. The molecule has 0 aromatic heterocycles. The zero-order valence-corrected chi connectivity index (χ0v) is 16.5. The lowest BCUT2D eigenvalue weighted by molar-refractivity contribution is -0.123. The molecule has 1 unspecified atom stereocenters. The zero-order valence-electron chi connectivity index (χ0n) is 14.2. The van der Waals surface area contributed by atoms with Crippen LogP contribution >= 0.6 is 35.0 Å². The zero-order chi connectivity index (χ0) is 18.1. The van der Waals surface area contributed by atoms with Crippen molar-refractivity contribution < 1.29 is 9.59 Å². The maximum absolute atomic E-state index is 12.4. The van der Waals surface area contributed by atoms with Crippen LogP contribution < -0.4 is 10.6 Å². The third-order valence-corrected chi connectivity index (χ3v) is 4.62. The topological polar surface area (TPSA) is 58.2 Å². The molecule has 0 saturated carbocycles. The third kappa shape index (κ3) is 7.32. The van der Waals surface area contributed by atoms with Crippen molar-refractivity contribution in [3.05, 3.63) is 33.8 Å². The molecule has 1 aromatic carbocycles. The summed E-state index contributed by atoms with van der Waals surface area (Å²) >= 11 is 13.5. The van der Waals surface area contributed by atoms with Gasteiger partial charge in [0.25, 0.3) is 5.91 Å². The molecule has 0 bridgehead atoms. The average molecular weight is 391 g/mol. The molecule has 0 aliphatic rings. The molecule has 1 aromatic rings. The first-order valence-electron chi connectivity index (χ1n) is 7.87. The lowest BCUT2D eigenvalue weighted by Gasteiger charge is -2.19. The van der Waals surface area contributed by atoms with E-state index in [0.717, 1.165) is 12.2 Å². The molecule has 134 valence electrons. The van der Waals surface area contributed by atoms with E-state index in [1.807, 2.05) is 6.26 Å². The van der Waals surface area contributed by atoms with Gasteiger partial charge in [-0.1, -0.05) is 37.0 Å². The highest BCUT2D eigenvalue weighted by Gasteiger charge is 2.22. The minimum atomic E-state index is -0.580. The Labute approximate surface area is 158 Å².